The van der Waals surface area contributed by atoms with Gasteiger partial charge in [-0.3, -0.25) is 4.79 Å². The van der Waals surface area contributed by atoms with Crippen LogP contribution >= 0.6 is 11.6 Å². The summed E-state index contributed by atoms with van der Waals surface area (Å²) in [6.45, 7) is 0. The molecule has 1 N–H and O–H groups in total. The topological polar surface area (TPSA) is 47.6 Å². The first-order chi connectivity index (χ1) is 9.69. The lowest BCUT2D eigenvalue weighted by molar-refractivity contribution is -0.120. The molecule has 0 spiro atoms. The average molecular weight is 298 g/mol. The highest BCUT2D eigenvalue weighted by atomic mass is 35.5. The summed E-state index contributed by atoms with van der Waals surface area (Å²) in [6.07, 6.45) is 3.38. The predicted molar refractivity (Wildman–Crippen MR) is 79.9 cm³/mol. The van der Waals surface area contributed by atoms with Gasteiger partial charge in [0.2, 0.25) is 5.91 Å². The molecule has 0 aromatic heterocycles. The Morgan fingerprint density at radius 3 is 2.65 bits per heavy atom. The normalized spacial score (nSPS) is 17.9. The molecule has 1 amide bonds. The molecule has 1 aromatic carbocycles. The second-order valence-corrected chi connectivity index (χ2v) is 5.30. The molecule has 5 heteroatoms. The molecule has 1 aliphatic heterocycles. The van der Waals surface area contributed by atoms with Crippen LogP contribution in [0.2, 0.25) is 0 Å². The van der Waals surface area contributed by atoms with Gasteiger partial charge in [0.1, 0.15) is 0 Å². The lowest BCUT2D eigenvalue weighted by Gasteiger charge is -2.13. The Balaban J connectivity index is 2.24. The Hall–Kier alpha value is -1.42. The van der Waals surface area contributed by atoms with Gasteiger partial charge in [-0.1, -0.05) is 0 Å². The maximum atomic E-state index is 12.2. The smallest absolute Gasteiger partial charge is 0.227 e. The maximum absolute atomic E-state index is 12.2. The lowest BCUT2D eigenvalue weighted by atomic mass is 9.96. The molecule has 1 unspecified atom stereocenters. The van der Waals surface area contributed by atoms with E-state index >= 15 is 0 Å². The zero-order valence-corrected chi connectivity index (χ0v) is 12.6. The van der Waals surface area contributed by atoms with E-state index in [2.05, 4.69) is 5.32 Å². The Kier molecular flexibility index (Phi) is 5.12. The number of fused-ring (bicyclic) bond motifs is 1. The van der Waals surface area contributed by atoms with Crippen molar-refractivity contribution in [1.29, 1.82) is 0 Å². The number of hydrogen-bond acceptors (Lipinski definition) is 3. The number of rotatable bonds is 5. The molecule has 0 fully saturated rings. The van der Waals surface area contributed by atoms with Crippen LogP contribution in [-0.2, 0) is 11.2 Å². The van der Waals surface area contributed by atoms with Crippen LogP contribution in [0.4, 0.5) is 5.69 Å². The van der Waals surface area contributed by atoms with Crippen molar-refractivity contribution in [2.75, 3.05) is 25.4 Å². The van der Waals surface area contributed by atoms with Crippen LogP contribution in [0.25, 0.3) is 0 Å². The molecular formula is C15H20ClNO3. The van der Waals surface area contributed by atoms with E-state index in [0.29, 0.717) is 17.4 Å². The molecular weight excluding hydrogens is 278 g/mol. The number of alkyl halides is 1. The Morgan fingerprint density at radius 2 is 2.00 bits per heavy atom. The number of anilines is 1. The highest BCUT2D eigenvalue weighted by Crippen LogP contribution is 2.36. The van der Waals surface area contributed by atoms with E-state index in [-0.39, 0.29) is 11.8 Å². The van der Waals surface area contributed by atoms with Gasteiger partial charge >= 0.3 is 0 Å². The second-order valence-electron chi connectivity index (χ2n) is 4.92. The molecule has 0 saturated heterocycles. The van der Waals surface area contributed by atoms with Crippen LogP contribution in [0.5, 0.6) is 11.5 Å². The van der Waals surface area contributed by atoms with Gasteiger partial charge in [0.05, 0.1) is 14.2 Å². The number of ether oxygens (including phenoxy) is 2. The number of amides is 1. The van der Waals surface area contributed by atoms with Crippen LogP contribution < -0.4 is 14.8 Å². The van der Waals surface area contributed by atoms with Gasteiger partial charge in [-0.2, -0.15) is 0 Å². The number of carbonyl (C=O) groups is 1. The summed E-state index contributed by atoms with van der Waals surface area (Å²) in [4.78, 5) is 12.2. The zero-order chi connectivity index (χ0) is 14.5. The molecule has 0 aliphatic carbocycles. The number of aryl methyl sites for hydroxylation is 1. The number of carbonyl (C=O) groups excluding carboxylic acids is 1. The van der Waals surface area contributed by atoms with Gasteiger partial charge in [-0.15, -0.1) is 11.6 Å². The molecule has 20 heavy (non-hydrogen) atoms. The highest BCUT2D eigenvalue weighted by molar-refractivity contribution is 6.17. The van der Waals surface area contributed by atoms with E-state index in [1.807, 2.05) is 12.1 Å². The van der Waals surface area contributed by atoms with Crippen molar-refractivity contribution in [2.24, 2.45) is 5.92 Å². The molecule has 0 saturated carbocycles. The molecule has 1 aromatic rings. The summed E-state index contributed by atoms with van der Waals surface area (Å²) in [5.41, 5.74) is 1.91. The quantitative estimate of drug-likeness (QED) is 0.849. The van der Waals surface area contributed by atoms with E-state index in [0.717, 1.165) is 36.9 Å². The third-order valence-corrected chi connectivity index (χ3v) is 3.95. The van der Waals surface area contributed by atoms with Gasteiger partial charge in [-0.25, -0.2) is 0 Å². The summed E-state index contributed by atoms with van der Waals surface area (Å²) >= 11 is 5.71. The molecule has 0 bridgehead atoms. The first-order valence-corrected chi connectivity index (χ1v) is 7.34. The lowest BCUT2D eigenvalue weighted by Crippen LogP contribution is -2.21. The van der Waals surface area contributed by atoms with Crippen LogP contribution in [0, 0.1) is 5.92 Å². The van der Waals surface area contributed by atoms with Crippen molar-refractivity contribution in [3.05, 3.63) is 17.7 Å². The van der Waals surface area contributed by atoms with Crippen molar-refractivity contribution in [3.8, 4) is 11.5 Å². The van der Waals surface area contributed by atoms with E-state index in [4.69, 9.17) is 21.1 Å². The Bertz CT molecular complexity index is 490. The second kappa shape index (κ2) is 6.84. The minimum atomic E-state index is 0.0261. The Labute approximate surface area is 124 Å². The first-order valence-electron chi connectivity index (χ1n) is 6.81. The fourth-order valence-corrected chi connectivity index (χ4v) is 2.69. The summed E-state index contributed by atoms with van der Waals surface area (Å²) in [5.74, 6) is 2.02. The number of nitrogens with one attached hydrogen (secondary N) is 1. The number of benzene rings is 1. The summed E-state index contributed by atoms with van der Waals surface area (Å²) in [7, 11) is 3.20. The third kappa shape index (κ3) is 3.18. The van der Waals surface area contributed by atoms with Crippen molar-refractivity contribution in [2.45, 2.75) is 25.7 Å². The van der Waals surface area contributed by atoms with Crippen molar-refractivity contribution >= 4 is 23.2 Å². The van der Waals surface area contributed by atoms with Gasteiger partial charge < -0.3 is 14.8 Å². The Morgan fingerprint density at radius 1 is 1.30 bits per heavy atom. The predicted octanol–water partition coefficient (Wildman–Crippen LogP) is 3.22. The molecule has 1 aliphatic rings. The first kappa shape index (κ1) is 15.0. The van der Waals surface area contributed by atoms with Gasteiger partial charge in [0.15, 0.2) is 11.5 Å². The SMILES string of the molecule is COc1cc2c(cc1OC)NC(=O)C(CCCCl)CC2. The summed E-state index contributed by atoms with van der Waals surface area (Å²) in [5, 5.41) is 2.99. The van der Waals surface area contributed by atoms with Crippen molar-refractivity contribution in [3.63, 3.8) is 0 Å². The largest absolute Gasteiger partial charge is 0.493 e. The summed E-state index contributed by atoms with van der Waals surface area (Å²) in [6, 6.07) is 3.77. The summed E-state index contributed by atoms with van der Waals surface area (Å²) < 4.78 is 10.6. The molecule has 4 nitrogen and oxygen atoms in total. The van der Waals surface area contributed by atoms with Crippen LogP contribution in [0.1, 0.15) is 24.8 Å². The highest BCUT2D eigenvalue weighted by Gasteiger charge is 2.24. The monoisotopic (exact) mass is 297 g/mol. The van der Waals surface area contributed by atoms with Gasteiger partial charge in [0, 0.05) is 23.6 Å². The standard InChI is InChI=1S/C15H20ClNO3/c1-19-13-8-11-6-5-10(4-3-7-16)15(18)17-12(11)9-14(13)20-2/h8-10H,3-7H2,1-2H3,(H,17,18). The van der Waals surface area contributed by atoms with Gasteiger partial charge in [-0.05, 0) is 37.3 Å². The van der Waals surface area contributed by atoms with Crippen LogP contribution in [0.3, 0.4) is 0 Å². The van der Waals surface area contributed by atoms with Gasteiger partial charge in [0.25, 0.3) is 0 Å². The minimum Gasteiger partial charge on any atom is -0.493 e. The molecule has 0 radical (unpaired) electrons. The molecule has 1 atom stereocenters. The average Bonchev–Trinajstić information content (AvgIpc) is 2.61. The third-order valence-electron chi connectivity index (χ3n) is 3.69. The van der Waals surface area contributed by atoms with E-state index in [1.54, 1.807) is 14.2 Å². The fourth-order valence-electron chi connectivity index (χ4n) is 2.54. The van der Waals surface area contributed by atoms with E-state index < -0.39 is 0 Å². The fraction of sp³-hybridized carbons (Fsp3) is 0.533. The van der Waals surface area contributed by atoms with E-state index in [9.17, 15) is 4.79 Å². The molecule has 1 heterocycles. The minimum absolute atomic E-state index is 0.0261. The number of halogens is 1. The van der Waals surface area contributed by atoms with Crippen LogP contribution in [0.15, 0.2) is 12.1 Å². The van der Waals surface area contributed by atoms with Crippen molar-refractivity contribution < 1.29 is 14.3 Å². The maximum Gasteiger partial charge on any atom is 0.227 e. The van der Waals surface area contributed by atoms with Crippen LogP contribution in [-0.4, -0.2) is 26.0 Å². The van der Waals surface area contributed by atoms with E-state index in [1.165, 1.54) is 0 Å². The number of methoxy groups -OCH3 is 2. The van der Waals surface area contributed by atoms with Crippen molar-refractivity contribution in [1.82, 2.24) is 0 Å². The number of hydrogen-bond donors (Lipinski definition) is 1. The molecule has 110 valence electrons. The molecule has 2 rings (SSSR count). The zero-order valence-electron chi connectivity index (χ0n) is 11.9.